The van der Waals surface area contributed by atoms with Crippen molar-refractivity contribution in [1.29, 1.82) is 0 Å². The molecule has 1 aliphatic carbocycles. The van der Waals surface area contributed by atoms with Crippen LogP contribution in [-0.4, -0.2) is 34.8 Å². The Morgan fingerprint density at radius 2 is 1.76 bits per heavy atom. The fraction of sp³-hybridized carbons (Fsp3) is 0.909. The van der Waals surface area contributed by atoms with Gasteiger partial charge in [0.1, 0.15) is 0 Å². The summed E-state index contributed by atoms with van der Waals surface area (Å²) in [6, 6.07) is -0.00162. The van der Waals surface area contributed by atoms with Crippen LogP contribution >= 0.6 is 12.6 Å². The summed E-state index contributed by atoms with van der Waals surface area (Å²) in [7, 11) is 0. The highest BCUT2D eigenvalue weighted by Crippen LogP contribution is 2.39. The van der Waals surface area contributed by atoms with Gasteiger partial charge < -0.3 is 4.90 Å². The largest absolute Gasteiger partial charge is 0.391 e. The molecule has 1 aliphatic heterocycles. The van der Waals surface area contributed by atoms with E-state index < -0.39 is 12.1 Å². The van der Waals surface area contributed by atoms with Gasteiger partial charge in [-0.05, 0) is 25.7 Å². The van der Waals surface area contributed by atoms with E-state index in [1.54, 1.807) is 4.90 Å². The molecule has 2 nitrogen and oxygen atoms in total. The van der Waals surface area contributed by atoms with Crippen LogP contribution in [0.1, 0.15) is 32.1 Å². The first-order chi connectivity index (χ1) is 7.88. The molecule has 1 heterocycles. The number of alkyl halides is 3. The van der Waals surface area contributed by atoms with Gasteiger partial charge in [-0.1, -0.05) is 0 Å². The van der Waals surface area contributed by atoms with E-state index in [0.29, 0.717) is 25.8 Å². The van der Waals surface area contributed by atoms with Crippen molar-refractivity contribution in [2.75, 3.05) is 6.54 Å². The molecule has 0 radical (unpaired) electrons. The Labute approximate surface area is 104 Å². The summed E-state index contributed by atoms with van der Waals surface area (Å²) < 4.78 is 37.5. The van der Waals surface area contributed by atoms with Crippen molar-refractivity contribution in [2.45, 2.75) is 49.6 Å². The molecular weight excluding hydrogens is 251 g/mol. The van der Waals surface area contributed by atoms with Crippen molar-refractivity contribution >= 4 is 18.5 Å². The minimum atomic E-state index is -4.08. The molecule has 1 saturated carbocycles. The van der Waals surface area contributed by atoms with Crippen molar-refractivity contribution in [2.24, 2.45) is 5.92 Å². The number of rotatable bonds is 1. The Hall–Kier alpha value is -0.390. The number of halogens is 3. The van der Waals surface area contributed by atoms with Gasteiger partial charge in [0.2, 0.25) is 5.91 Å². The van der Waals surface area contributed by atoms with Crippen LogP contribution < -0.4 is 0 Å². The van der Waals surface area contributed by atoms with E-state index in [1.807, 2.05) is 0 Å². The number of thiol groups is 1. The van der Waals surface area contributed by atoms with Gasteiger partial charge in [-0.15, -0.1) is 0 Å². The molecule has 17 heavy (non-hydrogen) atoms. The maximum Gasteiger partial charge on any atom is 0.391 e. The molecule has 0 bridgehead atoms. The van der Waals surface area contributed by atoms with Crippen molar-refractivity contribution in [3.8, 4) is 0 Å². The predicted molar refractivity (Wildman–Crippen MR) is 60.9 cm³/mol. The van der Waals surface area contributed by atoms with Gasteiger partial charge in [-0.3, -0.25) is 4.79 Å². The first-order valence-electron chi connectivity index (χ1n) is 5.92. The normalized spacial score (nSPS) is 35.4. The van der Waals surface area contributed by atoms with Gasteiger partial charge >= 0.3 is 6.18 Å². The van der Waals surface area contributed by atoms with E-state index >= 15 is 0 Å². The molecule has 0 N–H and O–H groups in total. The summed E-state index contributed by atoms with van der Waals surface area (Å²) in [5, 5.41) is 0.0443. The molecular formula is C11H16F3NOS. The molecule has 2 aliphatic rings. The Kier molecular flexibility index (Phi) is 3.61. The van der Waals surface area contributed by atoms with Crippen molar-refractivity contribution in [3.63, 3.8) is 0 Å². The summed E-state index contributed by atoms with van der Waals surface area (Å²) in [6.45, 7) is 0.587. The number of amides is 1. The third-order valence-corrected chi connectivity index (χ3v) is 4.08. The minimum absolute atomic E-state index is 0.00162. The Balaban J connectivity index is 1.89. The number of hydrogen-bond acceptors (Lipinski definition) is 2. The lowest BCUT2D eigenvalue weighted by atomic mass is 9.85. The molecule has 6 heteroatoms. The third-order valence-electron chi connectivity index (χ3n) is 3.74. The highest BCUT2D eigenvalue weighted by atomic mass is 32.1. The maximum absolute atomic E-state index is 12.5. The average molecular weight is 267 g/mol. The Morgan fingerprint density at radius 3 is 2.18 bits per heavy atom. The quantitative estimate of drug-likeness (QED) is 0.724. The number of carbonyl (C=O) groups is 1. The molecule has 2 fully saturated rings. The van der Waals surface area contributed by atoms with Crippen LogP contribution in [-0.2, 0) is 4.79 Å². The van der Waals surface area contributed by atoms with Gasteiger partial charge in [0.15, 0.2) is 0 Å². The van der Waals surface area contributed by atoms with E-state index in [2.05, 4.69) is 12.6 Å². The standard InChI is InChI=1S/C11H16F3NOS/c12-11(13,14)7-1-3-8(4-2-7)15-6-9(17)5-10(15)16/h7-9,17H,1-6H2. The molecule has 98 valence electrons. The Bertz CT molecular complexity index is 300. The highest BCUT2D eigenvalue weighted by molar-refractivity contribution is 7.81. The topological polar surface area (TPSA) is 20.3 Å². The lowest BCUT2D eigenvalue weighted by molar-refractivity contribution is -0.184. The van der Waals surface area contributed by atoms with Crippen LogP contribution in [0.3, 0.4) is 0 Å². The van der Waals surface area contributed by atoms with Crippen LogP contribution in [0, 0.1) is 5.92 Å². The Morgan fingerprint density at radius 1 is 1.18 bits per heavy atom. The average Bonchev–Trinajstić information content (AvgIpc) is 2.57. The molecule has 2 rings (SSSR count). The molecule has 1 unspecified atom stereocenters. The second-order valence-corrected chi connectivity index (χ2v) is 5.68. The first kappa shape index (κ1) is 13.1. The summed E-state index contributed by atoms with van der Waals surface area (Å²) in [5.74, 6) is -1.14. The van der Waals surface area contributed by atoms with E-state index in [0.717, 1.165) is 0 Å². The number of likely N-dealkylation sites (tertiary alicyclic amines) is 1. The van der Waals surface area contributed by atoms with Gasteiger partial charge in [0, 0.05) is 24.3 Å². The van der Waals surface area contributed by atoms with Crippen LogP contribution in [0.2, 0.25) is 0 Å². The van der Waals surface area contributed by atoms with Gasteiger partial charge in [-0.2, -0.15) is 25.8 Å². The summed E-state index contributed by atoms with van der Waals surface area (Å²) in [6.07, 6.45) is -2.43. The molecule has 0 spiro atoms. The first-order valence-corrected chi connectivity index (χ1v) is 6.44. The molecule has 1 saturated heterocycles. The fourth-order valence-corrected chi connectivity index (χ4v) is 3.11. The zero-order chi connectivity index (χ0) is 12.6. The maximum atomic E-state index is 12.5. The van der Waals surface area contributed by atoms with Crippen LogP contribution in [0.25, 0.3) is 0 Å². The predicted octanol–water partition coefficient (Wildman–Crippen LogP) is 2.64. The van der Waals surface area contributed by atoms with E-state index in [-0.39, 0.29) is 30.0 Å². The van der Waals surface area contributed by atoms with Gasteiger partial charge in [0.25, 0.3) is 0 Å². The van der Waals surface area contributed by atoms with Crippen LogP contribution in [0.5, 0.6) is 0 Å². The van der Waals surface area contributed by atoms with E-state index in [4.69, 9.17) is 0 Å². The monoisotopic (exact) mass is 267 g/mol. The zero-order valence-electron chi connectivity index (χ0n) is 9.41. The van der Waals surface area contributed by atoms with Crippen LogP contribution in [0.4, 0.5) is 13.2 Å². The number of carbonyl (C=O) groups excluding carboxylic acids is 1. The lowest BCUT2D eigenvalue weighted by Crippen LogP contribution is -2.41. The van der Waals surface area contributed by atoms with Crippen molar-refractivity contribution < 1.29 is 18.0 Å². The molecule has 0 aromatic rings. The molecule has 1 amide bonds. The second kappa shape index (κ2) is 4.71. The van der Waals surface area contributed by atoms with Crippen molar-refractivity contribution in [1.82, 2.24) is 4.90 Å². The molecule has 0 aromatic carbocycles. The smallest absolute Gasteiger partial charge is 0.339 e. The third kappa shape index (κ3) is 2.89. The number of nitrogens with zero attached hydrogens (tertiary/aromatic N) is 1. The highest BCUT2D eigenvalue weighted by Gasteiger charge is 2.43. The van der Waals surface area contributed by atoms with Gasteiger partial charge in [-0.25, -0.2) is 0 Å². The summed E-state index contributed by atoms with van der Waals surface area (Å²) in [5.41, 5.74) is 0. The zero-order valence-corrected chi connectivity index (χ0v) is 10.3. The summed E-state index contributed by atoms with van der Waals surface area (Å²) in [4.78, 5) is 13.3. The molecule has 0 aromatic heterocycles. The molecule has 1 atom stereocenters. The van der Waals surface area contributed by atoms with Crippen LogP contribution in [0.15, 0.2) is 0 Å². The van der Waals surface area contributed by atoms with E-state index in [9.17, 15) is 18.0 Å². The SMILES string of the molecule is O=C1CC(S)CN1C1CCC(C(F)(F)F)CC1. The van der Waals surface area contributed by atoms with Gasteiger partial charge in [0.05, 0.1) is 5.92 Å². The second-order valence-electron chi connectivity index (χ2n) is 4.95. The van der Waals surface area contributed by atoms with E-state index in [1.165, 1.54) is 0 Å². The lowest BCUT2D eigenvalue weighted by Gasteiger charge is -2.35. The summed E-state index contributed by atoms with van der Waals surface area (Å²) >= 11 is 4.25. The number of hydrogen-bond donors (Lipinski definition) is 1. The fourth-order valence-electron chi connectivity index (χ4n) is 2.78. The minimum Gasteiger partial charge on any atom is -0.339 e. The van der Waals surface area contributed by atoms with Crippen molar-refractivity contribution in [3.05, 3.63) is 0 Å².